The Morgan fingerprint density at radius 3 is 1.26 bits per heavy atom. The number of benzene rings is 14. The molecule has 0 unspecified atom stereocenters. The van der Waals surface area contributed by atoms with Gasteiger partial charge in [-0.15, -0.1) is 0 Å². The predicted octanol–water partition coefficient (Wildman–Crippen LogP) is 20.8. The van der Waals surface area contributed by atoms with Gasteiger partial charge in [0.25, 0.3) is 0 Å². The average molecular weight is 1040 g/mol. The molecule has 4 heterocycles. The fourth-order valence-electron chi connectivity index (χ4n) is 13.9. The van der Waals surface area contributed by atoms with Crippen molar-refractivity contribution >= 4 is 119 Å². The first kappa shape index (κ1) is 45.0. The second kappa shape index (κ2) is 17.3. The van der Waals surface area contributed by atoms with Gasteiger partial charge >= 0.3 is 0 Å². The van der Waals surface area contributed by atoms with Gasteiger partial charge in [-0.2, -0.15) is 0 Å². The zero-order valence-electron chi connectivity index (χ0n) is 44.3. The van der Waals surface area contributed by atoms with Gasteiger partial charge in [0.2, 0.25) is 0 Å². The summed E-state index contributed by atoms with van der Waals surface area (Å²) < 4.78 is 4.19. The summed E-state index contributed by atoms with van der Waals surface area (Å²) in [6.45, 7) is 0. The zero-order chi connectivity index (χ0) is 53.6. The Morgan fingerprint density at radius 2 is 0.610 bits per heavy atom. The van der Waals surface area contributed by atoms with E-state index in [0.29, 0.717) is 0 Å². The zero-order valence-corrected chi connectivity index (χ0v) is 44.3. The molecule has 0 bridgehead atoms. The minimum Gasteiger partial charge on any atom is -0.306 e. The van der Waals surface area contributed by atoms with Crippen molar-refractivity contribution < 1.29 is 0 Å². The van der Waals surface area contributed by atoms with Crippen LogP contribution in [0.5, 0.6) is 0 Å². The van der Waals surface area contributed by atoms with Crippen LogP contribution in [0, 0.1) is 0 Å². The van der Waals surface area contributed by atoms with Gasteiger partial charge < -0.3 is 8.80 Å². The smallest absolute Gasteiger partial charge is 0.137 e. The van der Waals surface area contributed by atoms with Gasteiger partial charge in [0.15, 0.2) is 0 Å². The number of nitrogens with zero attached hydrogens (tertiary/aromatic N) is 4. The summed E-state index contributed by atoms with van der Waals surface area (Å²) in [7, 11) is 0. The Balaban J connectivity index is 0.861. The van der Waals surface area contributed by atoms with Crippen LogP contribution in [0.3, 0.4) is 0 Å². The SMILES string of the molecule is c1ccc2c(-c3cc4c5cc(-c6ccc7c(-c8ccc9cc(-c%10cn%11ccccc%11n%10)ccc9c8)cc8c9ccccc9c9ccccc9c8c7c6)ccc5c5ccccc5c4c4ccccc34)ccc(-c3cn4ccccc4n3)c2c1. The standard InChI is InChI=1S/C78H46N4/c1-3-17-55-53(15-1)61(35-36-63(55)74-46-82-38-14-12-26-76(82)80-74)69-44-72-68-41-49(31-33-60(68)57-19-6-8-22-64(57)77(72)66-24-10-7-21-59(66)69)50-32-34-62-67(43-71-58-20-4-2-16-54(58)56-18-5-9-23-65(56)78(71)70(62)42-50)51-29-27-48-40-52(30-28-47(48)39-51)73-45-81-37-13-11-25-75(81)79-73/h1-46H. The van der Waals surface area contributed by atoms with Gasteiger partial charge in [0.05, 0.1) is 11.4 Å². The molecule has 378 valence electrons. The van der Waals surface area contributed by atoms with Gasteiger partial charge in [-0.25, -0.2) is 9.97 Å². The lowest BCUT2D eigenvalue weighted by Gasteiger charge is -2.19. The van der Waals surface area contributed by atoms with Crippen LogP contribution in [0.4, 0.5) is 0 Å². The highest BCUT2D eigenvalue weighted by Gasteiger charge is 2.21. The molecule has 0 radical (unpaired) electrons. The van der Waals surface area contributed by atoms with E-state index in [0.717, 1.165) is 33.8 Å². The van der Waals surface area contributed by atoms with Crippen LogP contribution >= 0.6 is 0 Å². The van der Waals surface area contributed by atoms with Crippen LogP contribution in [-0.2, 0) is 0 Å². The van der Waals surface area contributed by atoms with Crippen molar-refractivity contribution in [2.75, 3.05) is 0 Å². The Morgan fingerprint density at radius 1 is 0.220 bits per heavy atom. The summed E-state index contributed by atoms with van der Waals surface area (Å²) >= 11 is 0. The summed E-state index contributed by atoms with van der Waals surface area (Å²) in [5.74, 6) is 0. The Labute approximate surface area is 470 Å². The fraction of sp³-hybridized carbons (Fsp3) is 0. The van der Waals surface area contributed by atoms with Gasteiger partial charge in [-0.1, -0.05) is 194 Å². The molecule has 0 aliphatic rings. The molecule has 0 atom stereocenters. The van der Waals surface area contributed by atoms with Crippen LogP contribution in [-0.4, -0.2) is 18.8 Å². The van der Waals surface area contributed by atoms with E-state index in [-0.39, 0.29) is 0 Å². The molecular formula is C78H46N4. The molecule has 0 amide bonds. The molecule has 0 spiro atoms. The van der Waals surface area contributed by atoms with Crippen LogP contribution in [0.25, 0.3) is 175 Å². The average Bonchev–Trinajstić information content (AvgIpc) is 2.31. The molecule has 0 N–H and O–H groups in total. The first-order valence-corrected chi connectivity index (χ1v) is 28.2. The highest BCUT2D eigenvalue weighted by molar-refractivity contribution is 6.35. The Bertz CT molecular complexity index is 5720. The van der Waals surface area contributed by atoms with Crippen LogP contribution in [0.15, 0.2) is 280 Å². The Hall–Kier alpha value is -10.9. The lowest BCUT2D eigenvalue weighted by molar-refractivity contribution is 1.19. The van der Waals surface area contributed by atoms with E-state index in [1.807, 2.05) is 18.2 Å². The number of aromatic nitrogens is 4. The van der Waals surface area contributed by atoms with E-state index >= 15 is 0 Å². The molecule has 82 heavy (non-hydrogen) atoms. The molecule has 0 aliphatic carbocycles. The quantitative estimate of drug-likeness (QED) is 0.161. The molecular weight excluding hydrogens is 993 g/mol. The second-order valence-corrected chi connectivity index (χ2v) is 22.1. The monoisotopic (exact) mass is 1040 g/mol. The number of hydrogen-bond acceptors (Lipinski definition) is 2. The summed E-state index contributed by atoms with van der Waals surface area (Å²) in [5.41, 5.74) is 13.2. The van der Waals surface area contributed by atoms with E-state index in [1.165, 1.54) is 141 Å². The third-order valence-electron chi connectivity index (χ3n) is 17.7. The van der Waals surface area contributed by atoms with E-state index in [2.05, 4.69) is 270 Å². The van der Waals surface area contributed by atoms with E-state index in [1.54, 1.807) is 0 Å². The summed E-state index contributed by atoms with van der Waals surface area (Å²) in [4.78, 5) is 10.0. The molecule has 18 rings (SSSR count). The lowest BCUT2D eigenvalue weighted by Crippen LogP contribution is -1.91. The lowest BCUT2D eigenvalue weighted by atomic mass is 9.84. The topological polar surface area (TPSA) is 34.6 Å². The number of hydrogen-bond donors (Lipinski definition) is 0. The van der Waals surface area contributed by atoms with Gasteiger partial charge in [0, 0.05) is 35.9 Å². The largest absolute Gasteiger partial charge is 0.306 e. The van der Waals surface area contributed by atoms with E-state index < -0.39 is 0 Å². The maximum Gasteiger partial charge on any atom is 0.137 e. The molecule has 4 nitrogen and oxygen atoms in total. The van der Waals surface area contributed by atoms with Crippen LogP contribution in [0.1, 0.15) is 0 Å². The first-order chi connectivity index (χ1) is 40.6. The molecule has 0 saturated heterocycles. The maximum absolute atomic E-state index is 5.08. The Kier molecular flexibility index (Phi) is 9.48. The number of rotatable bonds is 5. The van der Waals surface area contributed by atoms with Crippen molar-refractivity contribution in [1.29, 1.82) is 0 Å². The molecule has 4 heteroatoms. The molecule has 0 fully saturated rings. The number of fused-ring (bicyclic) bond motifs is 20. The fourth-order valence-corrected chi connectivity index (χ4v) is 13.9. The molecule has 18 aromatic rings. The molecule has 0 aliphatic heterocycles. The first-order valence-electron chi connectivity index (χ1n) is 28.2. The minimum atomic E-state index is 0.935. The van der Waals surface area contributed by atoms with Crippen molar-refractivity contribution in [2.45, 2.75) is 0 Å². The van der Waals surface area contributed by atoms with Gasteiger partial charge in [-0.05, 0) is 202 Å². The summed E-state index contributed by atoms with van der Waals surface area (Å²) in [6.07, 6.45) is 8.37. The van der Waals surface area contributed by atoms with Crippen LogP contribution < -0.4 is 0 Å². The predicted molar refractivity (Wildman–Crippen MR) is 346 cm³/mol. The highest BCUT2D eigenvalue weighted by Crippen LogP contribution is 2.48. The van der Waals surface area contributed by atoms with E-state index in [9.17, 15) is 0 Å². The molecule has 0 saturated carbocycles. The van der Waals surface area contributed by atoms with Gasteiger partial charge in [-0.3, -0.25) is 0 Å². The molecule has 4 aromatic heterocycles. The summed E-state index contributed by atoms with van der Waals surface area (Å²) in [5, 5.41) is 24.8. The number of pyridine rings is 2. The second-order valence-electron chi connectivity index (χ2n) is 22.1. The third-order valence-corrected chi connectivity index (χ3v) is 17.7. The van der Waals surface area contributed by atoms with Crippen molar-refractivity contribution in [2.24, 2.45) is 0 Å². The third kappa shape index (κ3) is 6.67. The number of imidazole rings is 2. The normalized spacial score (nSPS) is 12.1. The minimum absolute atomic E-state index is 0.935. The molecule has 14 aromatic carbocycles. The van der Waals surface area contributed by atoms with E-state index in [4.69, 9.17) is 9.97 Å². The van der Waals surface area contributed by atoms with Crippen molar-refractivity contribution in [3.63, 3.8) is 0 Å². The van der Waals surface area contributed by atoms with Crippen molar-refractivity contribution in [3.05, 3.63) is 280 Å². The van der Waals surface area contributed by atoms with Crippen molar-refractivity contribution in [3.8, 4) is 55.9 Å². The summed E-state index contributed by atoms with van der Waals surface area (Å²) in [6, 6.07) is 94.7. The maximum atomic E-state index is 5.08. The highest BCUT2D eigenvalue weighted by atomic mass is 15.0. The van der Waals surface area contributed by atoms with Crippen LogP contribution in [0.2, 0.25) is 0 Å². The van der Waals surface area contributed by atoms with Crippen molar-refractivity contribution in [1.82, 2.24) is 18.8 Å². The van der Waals surface area contributed by atoms with Gasteiger partial charge in [0.1, 0.15) is 11.3 Å².